The summed E-state index contributed by atoms with van der Waals surface area (Å²) in [6.45, 7) is 3.22. The van der Waals surface area contributed by atoms with Gasteiger partial charge in [0.25, 0.3) is 11.8 Å². The third-order valence-corrected chi connectivity index (χ3v) is 13.4. The van der Waals surface area contributed by atoms with Crippen LogP contribution in [0, 0.1) is 0 Å². The maximum absolute atomic E-state index is 14.6. The molecule has 1 saturated heterocycles. The Bertz CT molecular complexity index is 2150. The van der Waals surface area contributed by atoms with Gasteiger partial charge in [-0.25, -0.2) is 24.0 Å². The molecule has 4 aromatic rings. The van der Waals surface area contributed by atoms with Gasteiger partial charge in [0.1, 0.15) is 23.6 Å². The Balaban J connectivity index is 1.43. The minimum atomic E-state index is -4.44. The third kappa shape index (κ3) is 10.8. The molecule has 57 heavy (non-hydrogen) atoms. The molecule has 2 amide bonds. The monoisotopic (exact) mass is 863 g/mol. The van der Waals surface area contributed by atoms with E-state index in [1.807, 2.05) is 0 Å². The van der Waals surface area contributed by atoms with Gasteiger partial charge in [-0.3, -0.25) is 19.2 Å². The first kappa shape index (κ1) is 43.4. The number of nitrogens with one attached hydrogen (secondary N) is 4. The first-order chi connectivity index (χ1) is 27.2. The summed E-state index contributed by atoms with van der Waals surface area (Å²) in [5.41, 5.74) is -0.659. The Morgan fingerprint density at radius 2 is 1.23 bits per heavy atom. The number of nitrogens with zero attached hydrogens (tertiary/aromatic N) is 3. The first-order valence-electron chi connectivity index (χ1n) is 17.5. The molecule has 2 heterocycles. The topological polar surface area (TPSA) is 209 Å². The van der Waals surface area contributed by atoms with Crippen LogP contribution in [0.15, 0.2) is 85.1 Å². The Hall–Kier alpha value is -4.73. The summed E-state index contributed by atoms with van der Waals surface area (Å²) in [7, 11) is -5.94. The van der Waals surface area contributed by atoms with E-state index >= 15 is 0 Å². The van der Waals surface area contributed by atoms with Gasteiger partial charge in [-0.2, -0.15) is 9.55 Å². The number of carbonyl (C=O) groups is 4. The van der Waals surface area contributed by atoms with E-state index in [9.17, 15) is 28.3 Å². The van der Waals surface area contributed by atoms with E-state index in [0.29, 0.717) is 5.75 Å². The van der Waals surface area contributed by atoms with Crippen LogP contribution in [0.4, 0.5) is 5.69 Å². The van der Waals surface area contributed by atoms with Crippen molar-refractivity contribution in [2.45, 2.75) is 44.8 Å². The van der Waals surface area contributed by atoms with E-state index in [-0.39, 0.29) is 58.7 Å². The number of para-hydroxylation sites is 2. The molecule has 0 spiro atoms. The Morgan fingerprint density at radius 3 is 1.74 bits per heavy atom. The van der Waals surface area contributed by atoms with Crippen LogP contribution in [0.5, 0.6) is 11.5 Å². The highest BCUT2D eigenvalue weighted by atomic mass is 35.5. The van der Waals surface area contributed by atoms with Crippen molar-refractivity contribution in [3.8, 4) is 11.5 Å². The van der Waals surface area contributed by atoms with Crippen molar-refractivity contribution in [1.29, 1.82) is 0 Å². The second kappa shape index (κ2) is 19.1. The molecule has 4 atom stereocenters. The van der Waals surface area contributed by atoms with Crippen molar-refractivity contribution in [2.75, 3.05) is 32.6 Å². The summed E-state index contributed by atoms with van der Waals surface area (Å²) in [6, 6.07) is 18.3. The van der Waals surface area contributed by atoms with Crippen LogP contribution in [0.25, 0.3) is 0 Å². The molecule has 304 valence electrons. The molecule has 4 N–H and O–H groups in total. The van der Waals surface area contributed by atoms with Gasteiger partial charge in [0.05, 0.1) is 41.7 Å². The summed E-state index contributed by atoms with van der Waals surface area (Å²) in [4.78, 5) is 52.3. The number of anilines is 1. The molecule has 0 saturated carbocycles. The number of hydrogen-bond acceptors (Lipinski definition) is 11. The quantitative estimate of drug-likeness (QED) is 0.0735. The molecule has 1 aliphatic rings. The van der Waals surface area contributed by atoms with E-state index in [1.165, 1.54) is 45.2 Å². The average molecular weight is 865 g/mol. The highest BCUT2D eigenvalue weighted by Crippen LogP contribution is 2.49. The fourth-order valence-electron chi connectivity index (χ4n) is 5.67. The zero-order valence-corrected chi connectivity index (χ0v) is 34.5. The molecular weight excluding hydrogens is 823 g/mol. The van der Waals surface area contributed by atoms with Crippen LogP contribution in [0.2, 0.25) is 10.0 Å². The van der Waals surface area contributed by atoms with Crippen molar-refractivity contribution in [1.82, 2.24) is 29.7 Å². The number of esters is 2. The van der Waals surface area contributed by atoms with E-state index in [4.69, 9.17) is 41.7 Å². The molecule has 5 rings (SSSR count). The minimum absolute atomic E-state index is 0.0285. The highest BCUT2D eigenvalue weighted by molar-refractivity contribution is 7.55. The largest absolute Gasteiger partial charge is 0.468 e. The van der Waals surface area contributed by atoms with Crippen molar-refractivity contribution in [3.05, 3.63) is 106 Å². The van der Waals surface area contributed by atoms with Crippen LogP contribution in [0.1, 0.15) is 47.5 Å². The Labute approximate surface area is 338 Å². The number of benzene rings is 3. The van der Waals surface area contributed by atoms with E-state index in [2.05, 4.69) is 25.9 Å². The molecule has 1 aliphatic heterocycles. The summed E-state index contributed by atoms with van der Waals surface area (Å²) in [5.74, 6) is -2.53. The lowest BCUT2D eigenvalue weighted by atomic mass is 10.1. The number of halogens is 2. The lowest BCUT2D eigenvalue weighted by molar-refractivity contribution is -0.143. The number of methoxy groups -OCH3 is 2. The second-order valence-electron chi connectivity index (χ2n) is 12.7. The van der Waals surface area contributed by atoms with Gasteiger partial charge in [0, 0.05) is 19.1 Å². The number of carbonyl (C=O) groups excluding carboxylic acids is 4. The molecule has 17 nitrogen and oxygen atoms in total. The smallest absolute Gasteiger partial charge is 0.440 e. The molecule has 21 heteroatoms. The number of piperidine rings is 1. The minimum Gasteiger partial charge on any atom is -0.468 e. The SMILES string of the molecule is COC(=O)[C@H](C)NP(=O)(Oc1ccccc1)N1CCC(NC(=O)c2nn(P(=O)(N[C@@H](C)C(=O)OC)Oc3ccccc3)cc2NC(=O)c2c(Cl)cccc2Cl)CC1. The maximum atomic E-state index is 14.6. The van der Waals surface area contributed by atoms with Gasteiger partial charge in [0.15, 0.2) is 5.69 Å². The number of hydrogen-bond donors (Lipinski definition) is 4. The number of amides is 2. The number of ether oxygens (including phenoxy) is 2. The number of rotatable bonds is 16. The van der Waals surface area contributed by atoms with Crippen LogP contribution >= 0.6 is 38.5 Å². The lowest BCUT2D eigenvalue weighted by Gasteiger charge is -2.37. The first-order valence-corrected chi connectivity index (χ1v) is 21.4. The van der Waals surface area contributed by atoms with Gasteiger partial charge in [-0.1, -0.05) is 65.7 Å². The van der Waals surface area contributed by atoms with Crippen molar-refractivity contribution in [3.63, 3.8) is 0 Å². The Morgan fingerprint density at radius 1 is 0.737 bits per heavy atom. The molecule has 0 radical (unpaired) electrons. The highest BCUT2D eigenvalue weighted by Gasteiger charge is 2.40. The standard InChI is InChI=1S/C36H41Cl2N7O10P2/c1-23(35(48)52-3)42-56(50,54-26-12-7-5-8-13-26)44-20-18-25(19-21-44)39-34(47)32-30(40-33(46)31-28(37)16-11-17-29(31)38)22-45(41-32)57(51,43-24(2)36(49)53-4)55-27-14-9-6-10-15-27/h5-17,22-25H,18-21H2,1-4H3,(H,39,47)(H,40,46)(H,42,50)(H,43,51)/t23-,24-,56?,57?/m0/s1. The normalized spacial score (nSPS) is 16.5. The molecule has 2 unspecified atom stereocenters. The molecule has 0 aliphatic carbocycles. The van der Waals surface area contributed by atoms with Crippen LogP contribution in [0.3, 0.4) is 0 Å². The van der Waals surface area contributed by atoms with E-state index in [1.54, 1.807) is 59.3 Å². The van der Waals surface area contributed by atoms with Crippen molar-refractivity contribution in [2.24, 2.45) is 0 Å². The predicted molar refractivity (Wildman–Crippen MR) is 213 cm³/mol. The lowest BCUT2D eigenvalue weighted by Crippen LogP contribution is -2.47. The molecule has 3 aromatic carbocycles. The predicted octanol–water partition coefficient (Wildman–Crippen LogP) is 6.16. The van der Waals surface area contributed by atoms with Gasteiger partial charge in [0.2, 0.25) is 0 Å². The van der Waals surface area contributed by atoms with Gasteiger partial charge < -0.3 is 29.2 Å². The van der Waals surface area contributed by atoms with Crippen LogP contribution < -0.4 is 29.9 Å². The van der Waals surface area contributed by atoms with Crippen LogP contribution in [-0.4, -0.2) is 83.4 Å². The second-order valence-corrected chi connectivity index (χ2v) is 17.4. The fraction of sp³-hybridized carbons (Fsp3) is 0.306. The summed E-state index contributed by atoms with van der Waals surface area (Å²) in [5, 5.41) is 15.3. The molecular formula is C36H41Cl2N7O10P2. The summed E-state index contributed by atoms with van der Waals surface area (Å²) in [6.07, 6.45) is 1.66. The van der Waals surface area contributed by atoms with Gasteiger partial charge >= 0.3 is 27.3 Å². The zero-order valence-electron chi connectivity index (χ0n) is 31.2. The van der Waals surface area contributed by atoms with Crippen molar-refractivity contribution < 1.29 is 46.8 Å². The van der Waals surface area contributed by atoms with Crippen LogP contribution in [-0.2, 0) is 28.2 Å². The van der Waals surface area contributed by atoms with E-state index in [0.717, 1.165) is 17.8 Å². The molecule has 0 bridgehead atoms. The van der Waals surface area contributed by atoms with Gasteiger partial charge in [-0.15, -0.1) is 0 Å². The Kier molecular flexibility index (Phi) is 14.6. The van der Waals surface area contributed by atoms with Crippen molar-refractivity contribution >= 4 is 68.0 Å². The summed E-state index contributed by atoms with van der Waals surface area (Å²) < 4.78 is 52.9. The summed E-state index contributed by atoms with van der Waals surface area (Å²) >= 11 is 12.6. The fourth-order valence-corrected chi connectivity index (χ4v) is 10.1. The average Bonchev–Trinajstić information content (AvgIpc) is 3.62. The van der Waals surface area contributed by atoms with E-state index < -0.39 is 57.2 Å². The third-order valence-electron chi connectivity index (χ3n) is 8.57. The zero-order chi connectivity index (χ0) is 41.3. The maximum Gasteiger partial charge on any atom is 0.440 e. The molecule has 1 aromatic heterocycles. The molecule has 1 fully saturated rings. The number of aromatic nitrogens is 2. The van der Waals surface area contributed by atoms with Gasteiger partial charge in [-0.05, 0) is 63.1 Å².